The lowest BCUT2D eigenvalue weighted by atomic mass is 9.98. The van der Waals surface area contributed by atoms with Gasteiger partial charge in [0.2, 0.25) is 0 Å². The summed E-state index contributed by atoms with van der Waals surface area (Å²) in [5.41, 5.74) is 2.62. The van der Waals surface area contributed by atoms with Crippen LogP contribution in [-0.2, 0) is 7.05 Å². The molecule has 0 bridgehead atoms. The fraction of sp³-hybridized carbons (Fsp3) is 0.130. The molecular weight excluding hydrogens is 360 g/mol. The molecule has 0 saturated heterocycles. The summed E-state index contributed by atoms with van der Waals surface area (Å²) in [5, 5.41) is 0.885. The van der Waals surface area contributed by atoms with Gasteiger partial charge in [0.1, 0.15) is 13.2 Å². The van der Waals surface area contributed by atoms with Crippen molar-refractivity contribution in [1.29, 1.82) is 0 Å². The van der Waals surface area contributed by atoms with Crippen LogP contribution in [0.2, 0.25) is 0 Å². The predicted octanol–water partition coefficient (Wildman–Crippen LogP) is 5.56. The Kier molecular flexibility index (Phi) is 3.83. The number of ether oxygens (including phenoxy) is 2. The summed E-state index contributed by atoms with van der Waals surface area (Å²) in [6.07, 6.45) is 1.83. The summed E-state index contributed by atoms with van der Waals surface area (Å²) in [6, 6.07) is 16.0. The average molecular weight is 377 g/mol. The Balaban J connectivity index is 1.63. The highest BCUT2D eigenvalue weighted by Crippen LogP contribution is 2.38. The Hall–Kier alpha value is -3.34. The second kappa shape index (κ2) is 6.37. The third-order valence-electron chi connectivity index (χ3n) is 5.12. The monoisotopic (exact) mass is 377 g/mol. The van der Waals surface area contributed by atoms with Gasteiger partial charge in [-0.05, 0) is 23.8 Å². The SMILES string of the molecule is Cn1cc(-c2ccc(-c3ccc4c(c3)OCCO4)c(F)c2F)c2ccccc21. The van der Waals surface area contributed by atoms with Crippen molar-refractivity contribution in [3.63, 3.8) is 0 Å². The maximum absolute atomic E-state index is 15.1. The molecule has 0 unspecified atom stereocenters. The van der Waals surface area contributed by atoms with Gasteiger partial charge in [0.25, 0.3) is 0 Å². The van der Waals surface area contributed by atoms with Crippen LogP contribution in [0.4, 0.5) is 8.78 Å². The first-order valence-corrected chi connectivity index (χ1v) is 9.06. The largest absolute Gasteiger partial charge is 0.486 e. The van der Waals surface area contributed by atoms with E-state index in [1.165, 1.54) is 0 Å². The molecule has 0 atom stereocenters. The normalized spacial score (nSPS) is 13.1. The third kappa shape index (κ3) is 2.54. The van der Waals surface area contributed by atoms with E-state index in [0.29, 0.717) is 35.8 Å². The van der Waals surface area contributed by atoms with E-state index in [-0.39, 0.29) is 11.1 Å². The van der Waals surface area contributed by atoms with E-state index in [2.05, 4.69) is 0 Å². The zero-order valence-corrected chi connectivity index (χ0v) is 15.2. The van der Waals surface area contributed by atoms with Crippen LogP contribution in [0.1, 0.15) is 0 Å². The van der Waals surface area contributed by atoms with E-state index in [4.69, 9.17) is 9.47 Å². The van der Waals surface area contributed by atoms with Crippen LogP contribution in [0.15, 0.2) is 60.8 Å². The number of para-hydroxylation sites is 1. The summed E-state index contributed by atoms with van der Waals surface area (Å²) in [7, 11) is 1.89. The second-order valence-corrected chi connectivity index (χ2v) is 6.82. The molecule has 1 aromatic heterocycles. The molecule has 1 aliphatic rings. The zero-order valence-electron chi connectivity index (χ0n) is 15.2. The van der Waals surface area contributed by atoms with Crippen molar-refractivity contribution in [3.05, 3.63) is 72.4 Å². The summed E-state index contributed by atoms with van der Waals surface area (Å²) in [4.78, 5) is 0. The molecule has 0 N–H and O–H groups in total. The molecule has 1 aliphatic heterocycles. The van der Waals surface area contributed by atoms with Crippen molar-refractivity contribution < 1.29 is 18.3 Å². The van der Waals surface area contributed by atoms with Crippen molar-refractivity contribution >= 4 is 10.9 Å². The topological polar surface area (TPSA) is 23.4 Å². The minimum Gasteiger partial charge on any atom is -0.486 e. The molecule has 140 valence electrons. The summed E-state index contributed by atoms with van der Waals surface area (Å²) in [6.45, 7) is 0.919. The van der Waals surface area contributed by atoms with Crippen LogP contribution in [0.5, 0.6) is 11.5 Å². The molecular formula is C23H17F2NO2. The lowest BCUT2D eigenvalue weighted by molar-refractivity contribution is 0.171. The van der Waals surface area contributed by atoms with Crippen LogP contribution in [0.25, 0.3) is 33.2 Å². The van der Waals surface area contributed by atoms with Crippen molar-refractivity contribution in [2.24, 2.45) is 7.05 Å². The van der Waals surface area contributed by atoms with E-state index in [0.717, 1.165) is 10.9 Å². The first kappa shape index (κ1) is 16.8. The lowest BCUT2D eigenvalue weighted by Crippen LogP contribution is -2.15. The van der Waals surface area contributed by atoms with Crippen LogP contribution >= 0.6 is 0 Å². The summed E-state index contributed by atoms with van der Waals surface area (Å²) >= 11 is 0. The smallest absolute Gasteiger partial charge is 0.167 e. The number of hydrogen-bond donors (Lipinski definition) is 0. The molecule has 4 aromatic rings. The van der Waals surface area contributed by atoms with Gasteiger partial charge in [-0.2, -0.15) is 0 Å². The highest BCUT2D eigenvalue weighted by Gasteiger charge is 2.20. The fourth-order valence-corrected chi connectivity index (χ4v) is 3.75. The number of halogens is 2. The van der Waals surface area contributed by atoms with Crippen molar-refractivity contribution in [1.82, 2.24) is 4.57 Å². The van der Waals surface area contributed by atoms with Gasteiger partial charge in [-0.1, -0.05) is 36.4 Å². The number of nitrogens with zero attached hydrogens (tertiary/aromatic N) is 1. The van der Waals surface area contributed by atoms with Gasteiger partial charge in [-0.15, -0.1) is 0 Å². The van der Waals surface area contributed by atoms with Gasteiger partial charge in [0, 0.05) is 40.8 Å². The van der Waals surface area contributed by atoms with Gasteiger partial charge in [0.15, 0.2) is 23.1 Å². The highest BCUT2D eigenvalue weighted by molar-refractivity contribution is 5.96. The van der Waals surface area contributed by atoms with Crippen LogP contribution in [-0.4, -0.2) is 17.8 Å². The molecule has 0 aliphatic carbocycles. The van der Waals surface area contributed by atoms with E-state index in [1.807, 2.05) is 42.1 Å². The van der Waals surface area contributed by atoms with E-state index in [9.17, 15) is 0 Å². The van der Waals surface area contributed by atoms with E-state index < -0.39 is 11.6 Å². The Bertz CT molecular complexity index is 1210. The maximum Gasteiger partial charge on any atom is 0.167 e. The third-order valence-corrected chi connectivity index (χ3v) is 5.12. The zero-order chi connectivity index (χ0) is 19.3. The van der Waals surface area contributed by atoms with Crippen LogP contribution in [0.3, 0.4) is 0 Å². The van der Waals surface area contributed by atoms with Gasteiger partial charge in [-0.3, -0.25) is 0 Å². The van der Waals surface area contributed by atoms with Crippen LogP contribution in [0, 0.1) is 11.6 Å². The molecule has 0 radical (unpaired) electrons. The number of rotatable bonds is 2. The van der Waals surface area contributed by atoms with Crippen molar-refractivity contribution in [2.75, 3.05) is 13.2 Å². The summed E-state index contributed by atoms with van der Waals surface area (Å²) in [5.74, 6) is -0.573. The molecule has 0 spiro atoms. The van der Waals surface area contributed by atoms with E-state index >= 15 is 8.78 Å². The maximum atomic E-state index is 15.1. The molecule has 28 heavy (non-hydrogen) atoms. The Morgan fingerprint density at radius 3 is 2.36 bits per heavy atom. The number of benzene rings is 3. The minimum absolute atomic E-state index is 0.193. The Labute approximate surface area is 160 Å². The van der Waals surface area contributed by atoms with Crippen molar-refractivity contribution in [2.45, 2.75) is 0 Å². The average Bonchev–Trinajstić information content (AvgIpc) is 3.06. The summed E-state index contributed by atoms with van der Waals surface area (Å²) < 4.78 is 43.1. The fourth-order valence-electron chi connectivity index (χ4n) is 3.75. The lowest BCUT2D eigenvalue weighted by Gasteiger charge is -2.19. The first-order valence-electron chi connectivity index (χ1n) is 9.06. The number of fused-ring (bicyclic) bond motifs is 2. The van der Waals surface area contributed by atoms with Crippen LogP contribution < -0.4 is 9.47 Å². The van der Waals surface area contributed by atoms with Gasteiger partial charge in [-0.25, -0.2) is 8.78 Å². The molecule has 5 heteroatoms. The highest BCUT2D eigenvalue weighted by atomic mass is 19.2. The molecule has 0 fully saturated rings. The standard InChI is InChI=1S/C23H17F2NO2/c1-26-13-18(16-4-2-3-5-19(16)26)17-8-7-15(22(24)23(17)25)14-6-9-20-21(12-14)28-11-10-27-20/h2-9,12-13H,10-11H2,1H3. The molecule has 3 aromatic carbocycles. The minimum atomic E-state index is -0.873. The Morgan fingerprint density at radius 2 is 1.50 bits per heavy atom. The Morgan fingerprint density at radius 1 is 0.786 bits per heavy atom. The molecule has 2 heterocycles. The number of hydrogen-bond acceptors (Lipinski definition) is 2. The van der Waals surface area contributed by atoms with Gasteiger partial charge >= 0.3 is 0 Å². The molecule has 5 rings (SSSR count). The molecule has 3 nitrogen and oxygen atoms in total. The first-order chi connectivity index (χ1) is 13.6. The van der Waals surface area contributed by atoms with Gasteiger partial charge < -0.3 is 14.0 Å². The second-order valence-electron chi connectivity index (χ2n) is 6.82. The molecule has 0 saturated carbocycles. The number of aryl methyl sites for hydroxylation is 1. The molecule has 0 amide bonds. The predicted molar refractivity (Wildman–Crippen MR) is 105 cm³/mol. The van der Waals surface area contributed by atoms with Crippen molar-refractivity contribution in [3.8, 4) is 33.8 Å². The number of aromatic nitrogens is 1. The quantitative estimate of drug-likeness (QED) is 0.456. The van der Waals surface area contributed by atoms with Gasteiger partial charge in [0.05, 0.1) is 0 Å². The van der Waals surface area contributed by atoms with E-state index in [1.54, 1.807) is 30.3 Å².